The zero-order chi connectivity index (χ0) is 28.7. The second-order valence-electron chi connectivity index (χ2n) is 10.3. The summed E-state index contributed by atoms with van der Waals surface area (Å²) < 4.78 is 59.1. The number of anilines is 1. The number of benzene rings is 2. The van der Waals surface area contributed by atoms with Crippen molar-refractivity contribution in [2.45, 2.75) is 62.5 Å². The van der Waals surface area contributed by atoms with E-state index in [-0.39, 0.29) is 24.4 Å². The molecular weight excluding hydrogens is 562 g/mol. The average molecular weight is 588 g/mol. The van der Waals surface area contributed by atoms with Gasteiger partial charge in [0.15, 0.2) is 0 Å². The van der Waals surface area contributed by atoms with E-state index in [1.165, 1.54) is 4.90 Å². The van der Waals surface area contributed by atoms with Crippen LogP contribution >= 0.6 is 23.4 Å². The van der Waals surface area contributed by atoms with Crippen molar-refractivity contribution in [1.82, 2.24) is 10.6 Å². The van der Waals surface area contributed by atoms with Gasteiger partial charge in [0.25, 0.3) is 11.8 Å². The fourth-order valence-corrected chi connectivity index (χ4v) is 5.25. The minimum absolute atomic E-state index is 0.0124. The number of carbonyl (C=O) groups excluding carboxylic acids is 3. The minimum Gasteiger partial charge on any atom is -0.444 e. The van der Waals surface area contributed by atoms with Gasteiger partial charge in [-0.05, 0) is 57.0 Å². The number of nitrogens with one attached hydrogen (secondary N) is 2. The molecule has 0 aromatic heterocycles. The summed E-state index contributed by atoms with van der Waals surface area (Å²) in [6.45, 7) is 5.01. The maximum absolute atomic E-state index is 15.0. The largest absolute Gasteiger partial charge is 0.444 e. The number of alkyl halides is 3. The van der Waals surface area contributed by atoms with Gasteiger partial charge in [-0.1, -0.05) is 23.7 Å². The molecule has 2 aromatic rings. The van der Waals surface area contributed by atoms with Gasteiger partial charge < -0.3 is 20.3 Å². The summed E-state index contributed by atoms with van der Waals surface area (Å²) >= 11 is 7.07. The van der Waals surface area contributed by atoms with Crippen LogP contribution in [0.5, 0.6) is 0 Å². The molecule has 1 aliphatic heterocycles. The van der Waals surface area contributed by atoms with Crippen molar-refractivity contribution >= 4 is 47.0 Å². The molecule has 2 aliphatic rings. The van der Waals surface area contributed by atoms with E-state index in [4.69, 9.17) is 16.3 Å². The van der Waals surface area contributed by atoms with E-state index in [1.54, 1.807) is 45.0 Å². The van der Waals surface area contributed by atoms with Crippen molar-refractivity contribution in [2.75, 3.05) is 10.7 Å². The van der Waals surface area contributed by atoms with Crippen LogP contribution in [0.25, 0.3) is 0 Å². The third-order valence-corrected chi connectivity index (χ3v) is 7.42. The van der Waals surface area contributed by atoms with Crippen molar-refractivity contribution < 1.29 is 36.7 Å². The number of hydrogen-bond acceptors (Lipinski definition) is 5. The summed E-state index contributed by atoms with van der Waals surface area (Å²) in [7, 11) is 0. The smallest absolute Gasteiger partial charge is 0.408 e. The van der Waals surface area contributed by atoms with Crippen LogP contribution in [0.4, 0.5) is 28.0 Å². The van der Waals surface area contributed by atoms with Crippen LogP contribution in [0.3, 0.4) is 0 Å². The molecule has 1 fully saturated rings. The van der Waals surface area contributed by atoms with Gasteiger partial charge in [0.2, 0.25) is 0 Å². The normalized spacial score (nSPS) is 21.1. The quantitative estimate of drug-likeness (QED) is 0.439. The second-order valence-corrected chi connectivity index (χ2v) is 11.8. The first-order valence-corrected chi connectivity index (χ1v) is 13.4. The zero-order valence-electron chi connectivity index (χ0n) is 21.2. The fraction of sp³-hybridized carbons (Fsp3) is 0.423. The van der Waals surface area contributed by atoms with Crippen LogP contribution in [0.2, 0.25) is 5.02 Å². The molecule has 2 unspecified atom stereocenters. The molecule has 0 saturated heterocycles. The lowest BCUT2D eigenvalue weighted by Crippen LogP contribution is -2.50. The Morgan fingerprint density at radius 3 is 2.38 bits per heavy atom. The first kappa shape index (κ1) is 29.0. The van der Waals surface area contributed by atoms with Crippen LogP contribution in [-0.4, -0.2) is 47.5 Å². The summed E-state index contributed by atoms with van der Waals surface area (Å²) in [4.78, 5) is 40.5. The molecule has 0 bridgehead atoms. The molecule has 2 N–H and O–H groups in total. The van der Waals surface area contributed by atoms with Gasteiger partial charge in [-0.3, -0.25) is 9.59 Å². The van der Waals surface area contributed by atoms with E-state index >= 15 is 4.39 Å². The van der Waals surface area contributed by atoms with Crippen molar-refractivity contribution in [3.05, 3.63) is 58.4 Å². The van der Waals surface area contributed by atoms with E-state index in [0.717, 1.165) is 23.9 Å². The van der Waals surface area contributed by atoms with Gasteiger partial charge in [0.1, 0.15) is 17.5 Å². The number of carbonyl (C=O) groups is 3. The first-order chi connectivity index (χ1) is 18.1. The van der Waals surface area contributed by atoms with E-state index in [0.29, 0.717) is 15.5 Å². The Hall–Kier alpha value is -2.99. The molecule has 7 nitrogen and oxygen atoms in total. The number of thioether (sulfide) groups is 1. The molecule has 0 spiro atoms. The lowest BCUT2D eigenvalue weighted by atomic mass is 10.1. The summed E-state index contributed by atoms with van der Waals surface area (Å²) in [5.74, 6) is -4.13. The molecule has 2 aromatic carbocycles. The van der Waals surface area contributed by atoms with Crippen molar-refractivity contribution in [3.8, 4) is 0 Å². The van der Waals surface area contributed by atoms with Crippen molar-refractivity contribution in [3.63, 3.8) is 0 Å². The van der Waals surface area contributed by atoms with Crippen molar-refractivity contribution in [1.29, 1.82) is 0 Å². The van der Waals surface area contributed by atoms with E-state index in [9.17, 15) is 27.6 Å². The van der Waals surface area contributed by atoms with E-state index < -0.39 is 59.1 Å². The standard InChI is InChI=1S/C26H26ClF4N3O4S/c1-25(2,3)38-24(37)33-19-12-39-21-10-17(28)15(22(35)32-18-9-16(18)26(29,30)31)8-20(21)34(23(19)36)11-13-4-6-14(27)7-5-13/h4-8,10,16,18-19H,9,11-12H2,1-3H3,(H,32,35)(H,33,37)/t16?,18?,19-/m0/s1. The van der Waals surface area contributed by atoms with Crippen LogP contribution < -0.4 is 15.5 Å². The molecule has 1 heterocycles. The first-order valence-electron chi connectivity index (χ1n) is 12.0. The number of hydrogen-bond donors (Lipinski definition) is 2. The number of ether oxygens (including phenoxy) is 1. The summed E-state index contributed by atoms with van der Waals surface area (Å²) in [6, 6.07) is 6.66. The number of fused-ring (bicyclic) bond motifs is 1. The molecule has 3 amide bonds. The fourth-order valence-electron chi connectivity index (χ4n) is 4.05. The Bertz CT molecular complexity index is 1280. The number of alkyl carbamates (subject to hydrolysis) is 1. The molecular formula is C26H26ClF4N3O4S. The third-order valence-electron chi connectivity index (χ3n) is 6.03. The maximum Gasteiger partial charge on any atom is 0.408 e. The highest BCUT2D eigenvalue weighted by molar-refractivity contribution is 7.99. The van der Waals surface area contributed by atoms with E-state index in [2.05, 4.69) is 10.6 Å². The molecule has 1 saturated carbocycles. The Labute approximate surface area is 231 Å². The number of amides is 3. The predicted molar refractivity (Wildman–Crippen MR) is 138 cm³/mol. The zero-order valence-corrected chi connectivity index (χ0v) is 22.8. The molecule has 39 heavy (non-hydrogen) atoms. The van der Waals surface area contributed by atoms with Gasteiger partial charge in [-0.25, -0.2) is 9.18 Å². The molecule has 4 rings (SSSR count). The lowest BCUT2D eigenvalue weighted by molar-refractivity contribution is -0.148. The van der Waals surface area contributed by atoms with Gasteiger partial charge in [0, 0.05) is 21.7 Å². The monoisotopic (exact) mass is 587 g/mol. The Balaban J connectivity index is 1.65. The van der Waals surface area contributed by atoms with Crippen LogP contribution in [0, 0.1) is 11.7 Å². The molecule has 13 heteroatoms. The van der Waals surface area contributed by atoms with E-state index in [1.807, 2.05) is 0 Å². The Morgan fingerprint density at radius 1 is 1.13 bits per heavy atom. The summed E-state index contributed by atoms with van der Waals surface area (Å²) in [6.07, 6.45) is -5.55. The molecule has 0 radical (unpaired) electrons. The molecule has 3 atom stereocenters. The predicted octanol–water partition coefficient (Wildman–Crippen LogP) is 5.69. The minimum atomic E-state index is -4.46. The summed E-state index contributed by atoms with van der Waals surface area (Å²) in [5, 5.41) is 5.26. The number of halogens is 5. The summed E-state index contributed by atoms with van der Waals surface area (Å²) in [5.41, 5.74) is -0.463. The van der Waals surface area contributed by atoms with Crippen LogP contribution in [0.1, 0.15) is 43.1 Å². The van der Waals surface area contributed by atoms with Gasteiger partial charge >= 0.3 is 12.3 Å². The number of rotatable bonds is 5. The van der Waals surface area contributed by atoms with Crippen molar-refractivity contribution in [2.24, 2.45) is 5.92 Å². The Morgan fingerprint density at radius 2 is 1.79 bits per heavy atom. The van der Waals surface area contributed by atoms with Gasteiger partial charge in [-0.2, -0.15) is 13.2 Å². The molecule has 1 aliphatic carbocycles. The second kappa shape index (κ2) is 10.9. The average Bonchev–Trinajstić information content (AvgIpc) is 3.60. The maximum atomic E-state index is 15.0. The van der Waals surface area contributed by atoms with Gasteiger partial charge in [-0.15, -0.1) is 11.8 Å². The van der Waals surface area contributed by atoms with Gasteiger partial charge in [0.05, 0.1) is 23.7 Å². The highest BCUT2D eigenvalue weighted by atomic mass is 35.5. The molecule has 210 valence electrons. The highest BCUT2D eigenvalue weighted by Gasteiger charge is 2.56. The van der Waals surface area contributed by atoms with Crippen LogP contribution in [-0.2, 0) is 16.1 Å². The lowest BCUT2D eigenvalue weighted by Gasteiger charge is -2.27. The highest BCUT2D eigenvalue weighted by Crippen LogP contribution is 2.45. The SMILES string of the molecule is CC(C)(C)OC(=O)N[C@H]1CSc2cc(F)c(C(=O)NC3CC3C(F)(F)F)cc2N(Cc2ccc(Cl)cc2)C1=O. The third kappa shape index (κ3) is 7.16. The topological polar surface area (TPSA) is 87.7 Å². The van der Waals surface area contributed by atoms with Crippen LogP contribution in [0.15, 0.2) is 41.3 Å². The Kier molecular flexibility index (Phi) is 8.09. The number of nitrogens with zero attached hydrogens (tertiary/aromatic N) is 1.